The van der Waals surface area contributed by atoms with Crippen LogP contribution in [0, 0.1) is 11.6 Å². The third-order valence-corrected chi connectivity index (χ3v) is 9.74. The summed E-state index contributed by atoms with van der Waals surface area (Å²) in [6.45, 7) is 0.646. The molecule has 3 aromatic carbocycles. The zero-order valence-corrected chi connectivity index (χ0v) is 29.0. The van der Waals surface area contributed by atoms with Crippen LogP contribution in [-0.2, 0) is 19.2 Å². The molecule has 1 fully saturated rings. The number of nitrogens with one attached hydrogen (secondary N) is 2. The Bertz CT molecular complexity index is 1600. The number of nitrogens with two attached hydrogens (primary N) is 1. The summed E-state index contributed by atoms with van der Waals surface area (Å²) >= 11 is 1.28. The van der Waals surface area contributed by atoms with Crippen molar-refractivity contribution in [3.05, 3.63) is 95.6 Å². The molecule has 1 aliphatic heterocycles. The van der Waals surface area contributed by atoms with Gasteiger partial charge >= 0.3 is 5.97 Å². The first-order valence-corrected chi connectivity index (χ1v) is 18.0. The van der Waals surface area contributed by atoms with E-state index in [9.17, 15) is 38.2 Å². The lowest BCUT2D eigenvalue weighted by Crippen LogP contribution is -2.57. The number of hydrogen-bond acceptors (Lipinski definition) is 8. The number of carboxylic acid groups (broad SMARTS) is 1. The summed E-state index contributed by atoms with van der Waals surface area (Å²) < 4.78 is 32.6. The molecule has 0 aromatic heterocycles. The largest absolute Gasteiger partial charge is 0.484 e. The molecule has 274 valence electrons. The fourth-order valence-electron chi connectivity index (χ4n) is 5.61. The third-order valence-electron chi connectivity index (χ3n) is 8.41. The molecule has 3 amide bonds. The maximum atomic E-state index is 13.6. The van der Waals surface area contributed by atoms with Crippen molar-refractivity contribution >= 4 is 41.1 Å². The van der Waals surface area contributed by atoms with Crippen LogP contribution in [0.4, 0.5) is 14.5 Å². The number of ether oxygens (including phenoxy) is 1. The number of nitrogens with zero attached hydrogens (tertiary/aromatic N) is 1. The second-order valence-electron chi connectivity index (χ2n) is 12.2. The Kier molecular flexibility index (Phi) is 15.2. The summed E-state index contributed by atoms with van der Waals surface area (Å²) in [5, 5.41) is 24.7. The predicted octanol–water partition coefficient (Wildman–Crippen LogP) is 4.64. The molecule has 11 nitrogen and oxygen atoms in total. The van der Waals surface area contributed by atoms with Gasteiger partial charge < -0.3 is 36.2 Å². The average molecular weight is 727 g/mol. The lowest BCUT2D eigenvalue weighted by molar-refractivity contribution is -0.142. The fourth-order valence-corrected chi connectivity index (χ4v) is 6.91. The van der Waals surface area contributed by atoms with Gasteiger partial charge in [0.25, 0.3) is 5.91 Å². The molecule has 4 atom stereocenters. The number of benzene rings is 3. The van der Waals surface area contributed by atoms with Gasteiger partial charge in [0.15, 0.2) is 6.61 Å². The number of halogens is 2. The molecule has 51 heavy (non-hydrogen) atoms. The molecule has 0 saturated carbocycles. The van der Waals surface area contributed by atoms with Gasteiger partial charge in [0.05, 0.1) is 12.1 Å². The van der Waals surface area contributed by atoms with Gasteiger partial charge in [0.1, 0.15) is 28.7 Å². The van der Waals surface area contributed by atoms with Crippen LogP contribution in [0.25, 0.3) is 0 Å². The highest BCUT2D eigenvalue weighted by atomic mass is 32.2. The topological polar surface area (TPSA) is 171 Å². The van der Waals surface area contributed by atoms with Crippen LogP contribution in [0.1, 0.15) is 68.2 Å². The number of carbonyl (C=O) groups excluding carboxylic acids is 3. The van der Waals surface area contributed by atoms with Crippen LogP contribution in [0.2, 0.25) is 0 Å². The molecule has 1 aliphatic rings. The Balaban J connectivity index is 1.22. The van der Waals surface area contributed by atoms with Gasteiger partial charge in [-0.05, 0) is 98.3 Å². The Hall–Kier alpha value is -4.53. The number of hydrogen-bond donors (Lipinski definition) is 5. The number of unbranched alkanes of at least 4 members (excludes halogenated alkanes) is 3. The lowest BCUT2D eigenvalue weighted by Gasteiger charge is -2.47. The Morgan fingerprint density at radius 2 is 1.55 bits per heavy atom. The highest BCUT2D eigenvalue weighted by Crippen LogP contribution is 2.46. The van der Waals surface area contributed by atoms with E-state index in [-0.39, 0.29) is 36.5 Å². The Morgan fingerprint density at radius 1 is 0.882 bits per heavy atom. The first-order chi connectivity index (χ1) is 24.6. The van der Waals surface area contributed by atoms with Crippen LogP contribution in [0.5, 0.6) is 5.75 Å². The van der Waals surface area contributed by atoms with E-state index in [1.54, 1.807) is 29.2 Å². The highest BCUT2D eigenvalue weighted by molar-refractivity contribution is 8.00. The van der Waals surface area contributed by atoms with Crippen molar-refractivity contribution in [1.82, 2.24) is 10.6 Å². The number of carboxylic acids is 1. The maximum absolute atomic E-state index is 13.6. The average Bonchev–Trinajstić information content (AvgIpc) is 3.12. The quantitative estimate of drug-likeness (QED) is 0.0775. The van der Waals surface area contributed by atoms with E-state index in [4.69, 9.17) is 10.5 Å². The summed E-state index contributed by atoms with van der Waals surface area (Å²) in [7, 11) is 0. The number of rotatable bonds is 21. The number of amides is 3. The van der Waals surface area contributed by atoms with Crippen LogP contribution in [0.3, 0.4) is 0 Å². The normalized spacial score (nSPS) is 16.5. The number of aliphatic hydroxyl groups excluding tert-OH is 1. The summed E-state index contributed by atoms with van der Waals surface area (Å²) in [5.74, 6) is -2.09. The third kappa shape index (κ3) is 11.8. The molecule has 0 bridgehead atoms. The molecule has 4 rings (SSSR count). The molecular formula is C37H44F2N4O7S. The van der Waals surface area contributed by atoms with Crippen molar-refractivity contribution < 1.29 is 42.9 Å². The van der Waals surface area contributed by atoms with Gasteiger partial charge in [-0.1, -0.05) is 30.7 Å². The summed E-state index contributed by atoms with van der Waals surface area (Å²) in [4.78, 5) is 50.7. The van der Waals surface area contributed by atoms with Gasteiger partial charge in [-0.3, -0.25) is 14.4 Å². The molecule has 1 saturated heterocycles. The van der Waals surface area contributed by atoms with Gasteiger partial charge in [-0.15, -0.1) is 11.8 Å². The number of carbonyl (C=O) groups is 4. The van der Waals surface area contributed by atoms with Crippen molar-refractivity contribution in [3.63, 3.8) is 0 Å². The number of thioether (sulfide) groups is 1. The molecular weight excluding hydrogens is 682 g/mol. The molecule has 3 aromatic rings. The van der Waals surface area contributed by atoms with Crippen molar-refractivity contribution in [2.75, 3.05) is 30.3 Å². The van der Waals surface area contributed by atoms with Crippen molar-refractivity contribution in [2.24, 2.45) is 5.73 Å². The monoisotopic (exact) mass is 726 g/mol. The molecule has 1 heterocycles. The van der Waals surface area contributed by atoms with Gasteiger partial charge in [-0.2, -0.15) is 0 Å². The number of anilines is 1. The molecule has 0 spiro atoms. The summed E-state index contributed by atoms with van der Waals surface area (Å²) in [6, 6.07) is 16.8. The zero-order valence-electron chi connectivity index (χ0n) is 28.1. The SMILES string of the molecule is NCCCCC(NC(=O)CCCCCNC(=O)COc1ccc([C@@H]2[C@@H](SCC(O)c3ccc(F)cc3)C(=O)N2c2ccc(F)cc2)cc1)C(=O)O. The second-order valence-corrected chi connectivity index (χ2v) is 13.4. The van der Waals surface area contributed by atoms with Gasteiger partial charge in [0, 0.05) is 24.4 Å². The van der Waals surface area contributed by atoms with Crippen LogP contribution in [0.15, 0.2) is 72.8 Å². The first-order valence-electron chi connectivity index (χ1n) is 16.9. The van der Waals surface area contributed by atoms with E-state index in [1.807, 2.05) is 0 Å². The van der Waals surface area contributed by atoms with E-state index < -0.39 is 41.0 Å². The van der Waals surface area contributed by atoms with Crippen LogP contribution < -0.4 is 26.0 Å². The van der Waals surface area contributed by atoms with E-state index in [2.05, 4.69) is 10.6 Å². The van der Waals surface area contributed by atoms with E-state index in [1.165, 1.54) is 60.3 Å². The van der Waals surface area contributed by atoms with E-state index in [0.717, 1.165) is 5.56 Å². The predicted molar refractivity (Wildman–Crippen MR) is 190 cm³/mol. The minimum absolute atomic E-state index is 0.191. The smallest absolute Gasteiger partial charge is 0.326 e. The minimum Gasteiger partial charge on any atom is -0.484 e. The van der Waals surface area contributed by atoms with Crippen molar-refractivity contribution in [1.29, 1.82) is 0 Å². The van der Waals surface area contributed by atoms with E-state index >= 15 is 0 Å². The van der Waals surface area contributed by atoms with Gasteiger partial charge in [-0.25, -0.2) is 13.6 Å². The fraction of sp³-hybridized carbons (Fsp3) is 0.405. The van der Waals surface area contributed by atoms with E-state index in [0.29, 0.717) is 68.6 Å². The lowest BCUT2D eigenvalue weighted by atomic mass is 9.92. The summed E-state index contributed by atoms with van der Waals surface area (Å²) in [5.41, 5.74) is 7.29. The molecule has 0 radical (unpaired) electrons. The van der Waals surface area contributed by atoms with Gasteiger partial charge in [0.2, 0.25) is 11.8 Å². The first kappa shape index (κ1) is 39.3. The molecule has 6 N–H and O–H groups in total. The standard InChI is InChI=1S/C37H44F2N4O7S/c38-26-12-8-24(9-13-26)31(44)23-51-35-34(43(36(35)47)28-16-14-27(39)15-17-28)25-10-18-29(19-11-25)50-22-33(46)41-21-5-1-2-7-32(45)42-30(37(48)49)6-3-4-20-40/h8-19,30-31,34-35,44H,1-7,20-23,40H2,(H,41,46)(H,42,45)(H,48,49)/t30?,31?,34-,35-/m1/s1. The van der Waals surface area contributed by atoms with Crippen LogP contribution in [-0.4, -0.2) is 70.6 Å². The Labute approximate surface area is 299 Å². The second kappa shape index (κ2) is 19.8. The Morgan fingerprint density at radius 3 is 2.20 bits per heavy atom. The minimum atomic E-state index is -1.06. The highest BCUT2D eigenvalue weighted by Gasteiger charge is 2.49. The molecule has 0 aliphatic carbocycles. The number of aliphatic carboxylic acids is 1. The molecule has 14 heteroatoms. The number of aliphatic hydroxyl groups is 1. The maximum Gasteiger partial charge on any atom is 0.326 e. The molecule has 2 unspecified atom stereocenters. The number of β-lactam (4-membered cyclic amide) rings is 1. The summed E-state index contributed by atoms with van der Waals surface area (Å²) in [6.07, 6.45) is 2.80. The van der Waals surface area contributed by atoms with Crippen LogP contribution >= 0.6 is 11.8 Å². The zero-order chi connectivity index (χ0) is 36.8. The van der Waals surface area contributed by atoms with Crippen molar-refractivity contribution in [2.45, 2.75) is 68.4 Å². The van der Waals surface area contributed by atoms with Crippen molar-refractivity contribution in [3.8, 4) is 5.75 Å².